The van der Waals surface area contributed by atoms with E-state index in [1.54, 1.807) is 0 Å². The molecule has 1 aliphatic rings. The Bertz CT molecular complexity index is 903. The molecule has 1 saturated heterocycles. The van der Waals surface area contributed by atoms with Gasteiger partial charge in [-0.1, -0.05) is 36.4 Å². The SMILES string of the molecule is Cc1n[nH]c(C)c1C(c1ccc(-c2ccc(F)cc2)cc1)N1CCN(C)CC1. The summed E-state index contributed by atoms with van der Waals surface area (Å²) in [5, 5.41) is 7.60. The van der Waals surface area contributed by atoms with Crippen LogP contribution in [0.5, 0.6) is 0 Å². The lowest BCUT2D eigenvalue weighted by Crippen LogP contribution is -2.46. The fourth-order valence-electron chi connectivity index (χ4n) is 4.10. The Kier molecular flexibility index (Phi) is 5.29. The van der Waals surface area contributed by atoms with E-state index in [2.05, 4.69) is 65.2 Å². The van der Waals surface area contributed by atoms with Crippen LogP contribution in [0.1, 0.15) is 28.6 Å². The lowest BCUT2D eigenvalue weighted by Gasteiger charge is -2.38. The van der Waals surface area contributed by atoms with Crippen molar-refractivity contribution < 1.29 is 4.39 Å². The molecule has 2 heterocycles. The molecule has 1 atom stereocenters. The van der Waals surface area contributed by atoms with E-state index in [4.69, 9.17) is 0 Å². The Hall–Kier alpha value is -2.50. The van der Waals surface area contributed by atoms with Gasteiger partial charge in [0.05, 0.1) is 11.7 Å². The first-order valence-corrected chi connectivity index (χ1v) is 9.83. The summed E-state index contributed by atoms with van der Waals surface area (Å²) in [5.74, 6) is -0.207. The molecule has 0 saturated carbocycles. The van der Waals surface area contributed by atoms with Crippen LogP contribution < -0.4 is 0 Å². The first kappa shape index (κ1) is 18.8. The van der Waals surface area contributed by atoms with E-state index in [9.17, 15) is 4.39 Å². The highest BCUT2D eigenvalue weighted by atomic mass is 19.1. The number of halogens is 1. The van der Waals surface area contributed by atoms with Crippen LogP contribution in [-0.4, -0.2) is 53.2 Å². The smallest absolute Gasteiger partial charge is 0.123 e. The zero-order chi connectivity index (χ0) is 19.7. The molecule has 1 fully saturated rings. The van der Waals surface area contributed by atoms with Crippen molar-refractivity contribution in [1.82, 2.24) is 20.0 Å². The van der Waals surface area contributed by atoms with Crippen LogP contribution in [0.15, 0.2) is 48.5 Å². The Balaban J connectivity index is 1.69. The summed E-state index contributed by atoms with van der Waals surface area (Å²) < 4.78 is 13.2. The Morgan fingerprint density at radius 1 is 0.893 bits per heavy atom. The number of aryl methyl sites for hydroxylation is 2. The van der Waals surface area contributed by atoms with Gasteiger partial charge in [0.1, 0.15) is 5.82 Å². The molecule has 28 heavy (non-hydrogen) atoms. The molecule has 2 aromatic carbocycles. The highest BCUT2D eigenvalue weighted by molar-refractivity contribution is 5.63. The molecule has 0 amide bonds. The minimum Gasteiger partial charge on any atom is -0.304 e. The molecule has 1 N–H and O–H groups in total. The maximum absolute atomic E-state index is 13.2. The maximum atomic E-state index is 13.2. The monoisotopic (exact) mass is 378 g/mol. The zero-order valence-electron chi connectivity index (χ0n) is 16.7. The Labute approximate surface area is 166 Å². The van der Waals surface area contributed by atoms with E-state index >= 15 is 0 Å². The molecule has 0 bridgehead atoms. The minimum atomic E-state index is -0.207. The van der Waals surface area contributed by atoms with E-state index < -0.39 is 0 Å². The Morgan fingerprint density at radius 2 is 1.46 bits per heavy atom. The van der Waals surface area contributed by atoms with Gasteiger partial charge in [-0.3, -0.25) is 10.00 Å². The normalized spacial score (nSPS) is 17.0. The van der Waals surface area contributed by atoms with Gasteiger partial charge in [0, 0.05) is 37.4 Å². The van der Waals surface area contributed by atoms with Gasteiger partial charge in [0.15, 0.2) is 0 Å². The number of hydrogen-bond donors (Lipinski definition) is 1. The molecule has 4 rings (SSSR count). The van der Waals surface area contributed by atoms with E-state index in [0.717, 1.165) is 48.7 Å². The van der Waals surface area contributed by atoms with Gasteiger partial charge in [-0.05, 0) is 49.7 Å². The highest BCUT2D eigenvalue weighted by Crippen LogP contribution is 2.34. The molecule has 4 nitrogen and oxygen atoms in total. The van der Waals surface area contributed by atoms with Gasteiger partial charge in [-0.15, -0.1) is 0 Å². The average Bonchev–Trinajstić information content (AvgIpc) is 3.03. The van der Waals surface area contributed by atoms with Crippen LogP contribution in [0, 0.1) is 19.7 Å². The summed E-state index contributed by atoms with van der Waals surface area (Å²) in [4.78, 5) is 4.93. The molecule has 1 unspecified atom stereocenters. The van der Waals surface area contributed by atoms with Crippen molar-refractivity contribution in [3.8, 4) is 11.1 Å². The second-order valence-electron chi connectivity index (χ2n) is 7.72. The first-order chi connectivity index (χ1) is 13.5. The Morgan fingerprint density at radius 3 is 2.00 bits per heavy atom. The third kappa shape index (κ3) is 3.73. The van der Waals surface area contributed by atoms with Crippen molar-refractivity contribution in [2.24, 2.45) is 0 Å². The number of aromatic amines is 1. The average molecular weight is 378 g/mol. The number of piperazine rings is 1. The van der Waals surface area contributed by atoms with E-state index in [1.807, 2.05) is 12.1 Å². The van der Waals surface area contributed by atoms with Crippen LogP contribution in [0.3, 0.4) is 0 Å². The van der Waals surface area contributed by atoms with Gasteiger partial charge in [0.25, 0.3) is 0 Å². The minimum absolute atomic E-state index is 0.190. The quantitative estimate of drug-likeness (QED) is 0.740. The fourth-order valence-corrected chi connectivity index (χ4v) is 4.10. The number of H-pyrrole nitrogens is 1. The topological polar surface area (TPSA) is 35.2 Å². The van der Waals surface area contributed by atoms with Crippen molar-refractivity contribution in [1.29, 1.82) is 0 Å². The summed E-state index contributed by atoms with van der Waals surface area (Å²) in [6, 6.07) is 15.5. The lowest BCUT2D eigenvalue weighted by atomic mass is 9.93. The molecule has 3 aromatic rings. The third-order valence-electron chi connectivity index (χ3n) is 5.77. The fraction of sp³-hybridized carbons (Fsp3) is 0.348. The number of hydrogen-bond acceptors (Lipinski definition) is 3. The van der Waals surface area contributed by atoms with Crippen molar-refractivity contribution in [2.75, 3.05) is 33.2 Å². The third-order valence-corrected chi connectivity index (χ3v) is 5.77. The molecule has 0 aliphatic carbocycles. The van der Waals surface area contributed by atoms with Crippen LogP contribution in [0.4, 0.5) is 4.39 Å². The summed E-state index contributed by atoms with van der Waals surface area (Å²) in [6.07, 6.45) is 0. The molecule has 0 spiro atoms. The van der Waals surface area contributed by atoms with Crippen LogP contribution in [-0.2, 0) is 0 Å². The van der Waals surface area contributed by atoms with Crippen LogP contribution >= 0.6 is 0 Å². The van der Waals surface area contributed by atoms with E-state index in [-0.39, 0.29) is 11.9 Å². The van der Waals surface area contributed by atoms with Gasteiger partial charge in [-0.2, -0.15) is 5.10 Å². The standard InChI is InChI=1S/C23H27FN4/c1-16-22(17(2)26-25-16)23(28-14-12-27(3)13-15-28)20-6-4-18(5-7-20)19-8-10-21(24)11-9-19/h4-11,23H,12-15H2,1-3H3,(H,25,26). The van der Waals surface area contributed by atoms with Crippen molar-refractivity contribution >= 4 is 0 Å². The van der Waals surface area contributed by atoms with Gasteiger partial charge < -0.3 is 4.90 Å². The second kappa shape index (κ2) is 7.86. The number of rotatable bonds is 4. The molecular formula is C23H27FN4. The zero-order valence-corrected chi connectivity index (χ0v) is 16.7. The largest absolute Gasteiger partial charge is 0.304 e. The van der Waals surface area contributed by atoms with E-state index in [0.29, 0.717) is 0 Å². The van der Waals surface area contributed by atoms with Gasteiger partial charge in [0.2, 0.25) is 0 Å². The summed E-state index contributed by atoms with van der Waals surface area (Å²) in [7, 11) is 2.18. The van der Waals surface area contributed by atoms with Crippen molar-refractivity contribution in [3.63, 3.8) is 0 Å². The maximum Gasteiger partial charge on any atom is 0.123 e. The predicted molar refractivity (Wildman–Crippen MR) is 111 cm³/mol. The number of likely N-dealkylation sites (N-methyl/N-ethyl adjacent to an activating group) is 1. The molecule has 1 aliphatic heterocycles. The summed E-state index contributed by atoms with van der Waals surface area (Å²) in [5.41, 5.74) is 6.86. The summed E-state index contributed by atoms with van der Waals surface area (Å²) in [6.45, 7) is 8.39. The molecular weight excluding hydrogens is 351 g/mol. The molecule has 1 aromatic heterocycles. The van der Waals surface area contributed by atoms with Crippen molar-refractivity contribution in [2.45, 2.75) is 19.9 Å². The summed E-state index contributed by atoms with van der Waals surface area (Å²) >= 11 is 0. The molecule has 146 valence electrons. The van der Waals surface area contributed by atoms with Gasteiger partial charge in [-0.25, -0.2) is 4.39 Å². The van der Waals surface area contributed by atoms with Crippen LogP contribution in [0.2, 0.25) is 0 Å². The van der Waals surface area contributed by atoms with Gasteiger partial charge >= 0.3 is 0 Å². The number of benzene rings is 2. The highest BCUT2D eigenvalue weighted by Gasteiger charge is 2.29. The predicted octanol–water partition coefficient (Wildman–Crippen LogP) is 4.17. The first-order valence-electron chi connectivity index (χ1n) is 9.83. The van der Waals surface area contributed by atoms with E-state index in [1.165, 1.54) is 23.3 Å². The lowest BCUT2D eigenvalue weighted by molar-refractivity contribution is 0.127. The number of nitrogens with zero attached hydrogens (tertiary/aromatic N) is 3. The number of aromatic nitrogens is 2. The number of nitrogens with one attached hydrogen (secondary N) is 1. The van der Waals surface area contributed by atoms with Crippen molar-refractivity contribution in [3.05, 3.63) is 76.9 Å². The molecule has 5 heteroatoms. The van der Waals surface area contributed by atoms with Crippen LogP contribution in [0.25, 0.3) is 11.1 Å². The second-order valence-corrected chi connectivity index (χ2v) is 7.72. The molecule has 0 radical (unpaired) electrons.